The highest BCUT2D eigenvalue weighted by molar-refractivity contribution is 5.92. The first-order valence-electron chi connectivity index (χ1n) is 6.77. The first kappa shape index (κ1) is 13.0. The number of hydrogen-bond acceptors (Lipinski definition) is 4. The summed E-state index contributed by atoms with van der Waals surface area (Å²) >= 11 is 0. The van der Waals surface area contributed by atoms with Gasteiger partial charge in [-0.25, -0.2) is 9.78 Å². The van der Waals surface area contributed by atoms with Crippen LogP contribution in [0.15, 0.2) is 12.5 Å². The Morgan fingerprint density at radius 3 is 2.95 bits per heavy atom. The third-order valence-electron chi connectivity index (χ3n) is 4.21. The van der Waals surface area contributed by atoms with Crippen molar-refractivity contribution in [2.45, 2.75) is 18.9 Å². The zero-order chi connectivity index (χ0) is 14.3. The lowest BCUT2D eigenvalue weighted by atomic mass is 9.93. The Morgan fingerprint density at radius 2 is 2.30 bits per heavy atom. The van der Waals surface area contributed by atoms with E-state index in [1.165, 1.54) is 0 Å². The molecule has 0 N–H and O–H groups in total. The average Bonchev–Trinajstić information content (AvgIpc) is 3.03. The smallest absolute Gasteiger partial charge is 0.410 e. The second-order valence-corrected chi connectivity index (χ2v) is 5.44. The number of aryl methyl sites for hydroxylation is 1. The van der Waals surface area contributed by atoms with Gasteiger partial charge in [-0.2, -0.15) is 0 Å². The highest BCUT2D eigenvalue weighted by Gasteiger charge is 2.50. The maximum Gasteiger partial charge on any atom is 0.410 e. The molecule has 0 aliphatic carbocycles. The monoisotopic (exact) mass is 278 g/mol. The second-order valence-electron chi connectivity index (χ2n) is 5.44. The predicted octanol–water partition coefficient (Wildman–Crippen LogP) is 0.477. The molecule has 2 aliphatic rings. The van der Waals surface area contributed by atoms with Crippen molar-refractivity contribution in [3.63, 3.8) is 0 Å². The number of carbonyl (C=O) groups excluding carboxylic acids is 2. The van der Waals surface area contributed by atoms with Crippen LogP contribution in [0.25, 0.3) is 0 Å². The molecule has 1 atom stereocenters. The lowest BCUT2D eigenvalue weighted by Gasteiger charge is -2.44. The van der Waals surface area contributed by atoms with Crippen LogP contribution in [0, 0.1) is 0 Å². The van der Waals surface area contributed by atoms with Gasteiger partial charge in [0.05, 0.1) is 11.9 Å². The number of piperazine rings is 1. The third kappa shape index (κ3) is 1.85. The molecule has 7 heteroatoms. The van der Waals surface area contributed by atoms with Crippen LogP contribution >= 0.6 is 0 Å². The molecule has 0 bridgehead atoms. The summed E-state index contributed by atoms with van der Waals surface area (Å²) in [6.45, 7) is 3.92. The number of hydrogen-bond donors (Lipinski definition) is 0. The Labute approximate surface area is 117 Å². The molecule has 3 rings (SSSR count). The number of cyclic esters (lactones) is 1. The van der Waals surface area contributed by atoms with Crippen LogP contribution in [0.5, 0.6) is 0 Å². The highest BCUT2D eigenvalue weighted by Crippen LogP contribution is 2.32. The Bertz CT molecular complexity index is 556. The number of ether oxygens (including phenoxy) is 1. The lowest BCUT2D eigenvalue weighted by molar-refractivity contribution is 0.0357. The SMILES string of the molecule is CCC12COC(=O)N1CCN(C(=O)c1cn(C)cn1)C2. The number of fused-ring (bicyclic) bond motifs is 1. The Kier molecular flexibility index (Phi) is 2.92. The molecule has 0 radical (unpaired) electrons. The van der Waals surface area contributed by atoms with Crippen LogP contribution in [0.2, 0.25) is 0 Å². The van der Waals surface area contributed by atoms with Gasteiger partial charge in [-0.15, -0.1) is 0 Å². The van der Waals surface area contributed by atoms with Crippen molar-refractivity contribution in [3.8, 4) is 0 Å². The summed E-state index contributed by atoms with van der Waals surface area (Å²) in [5.41, 5.74) is 0.0669. The minimum atomic E-state index is -0.375. The zero-order valence-corrected chi connectivity index (χ0v) is 11.7. The van der Waals surface area contributed by atoms with Crippen molar-refractivity contribution in [2.75, 3.05) is 26.2 Å². The topological polar surface area (TPSA) is 67.7 Å². The van der Waals surface area contributed by atoms with Gasteiger partial charge in [-0.3, -0.25) is 9.69 Å². The van der Waals surface area contributed by atoms with Gasteiger partial charge in [0.15, 0.2) is 0 Å². The molecule has 0 spiro atoms. The molecule has 1 unspecified atom stereocenters. The molecule has 20 heavy (non-hydrogen) atoms. The van der Waals surface area contributed by atoms with Gasteiger partial charge in [0.25, 0.3) is 5.91 Å². The number of carbonyl (C=O) groups is 2. The van der Waals surface area contributed by atoms with Crippen molar-refractivity contribution in [2.24, 2.45) is 7.05 Å². The molecule has 0 saturated carbocycles. The quantitative estimate of drug-likeness (QED) is 0.789. The predicted molar refractivity (Wildman–Crippen MR) is 70.2 cm³/mol. The Balaban J connectivity index is 1.80. The number of imidazole rings is 1. The van der Waals surface area contributed by atoms with Gasteiger partial charge < -0.3 is 14.2 Å². The van der Waals surface area contributed by atoms with E-state index in [2.05, 4.69) is 4.98 Å². The fraction of sp³-hybridized carbons (Fsp3) is 0.615. The van der Waals surface area contributed by atoms with Gasteiger partial charge >= 0.3 is 6.09 Å². The number of nitrogens with zero attached hydrogens (tertiary/aromatic N) is 4. The van der Waals surface area contributed by atoms with Crippen LogP contribution in [-0.4, -0.2) is 63.1 Å². The number of amides is 2. The van der Waals surface area contributed by atoms with Crippen molar-refractivity contribution < 1.29 is 14.3 Å². The van der Waals surface area contributed by atoms with Gasteiger partial charge in [-0.05, 0) is 6.42 Å². The summed E-state index contributed by atoms with van der Waals surface area (Å²) in [5, 5.41) is 0. The van der Waals surface area contributed by atoms with E-state index in [1.54, 1.807) is 26.9 Å². The van der Waals surface area contributed by atoms with E-state index < -0.39 is 0 Å². The van der Waals surface area contributed by atoms with Crippen LogP contribution in [0.3, 0.4) is 0 Å². The summed E-state index contributed by atoms with van der Waals surface area (Å²) in [6.07, 6.45) is 3.83. The van der Waals surface area contributed by atoms with Crippen LogP contribution in [0.4, 0.5) is 4.79 Å². The van der Waals surface area contributed by atoms with E-state index in [-0.39, 0.29) is 17.5 Å². The molecule has 2 aliphatic heterocycles. The van der Waals surface area contributed by atoms with Crippen molar-refractivity contribution in [3.05, 3.63) is 18.2 Å². The van der Waals surface area contributed by atoms with E-state index in [0.29, 0.717) is 31.9 Å². The summed E-state index contributed by atoms with van der Waals surface area (Å²) in [7, 11) is 1.83. The standard InChI is InChI=1S/C13H18N4O3/c1-3-13-7-16(4-5-17(13)12(19)20-8-13)11(18)10-6-15(2)9-14-10/h6,9H,3-5,7-8H2,1-2H3. The molecule has 108 valence electrons. The molecule has 2 saturated heterocycles. The van der Waals surface area contributed by atoms with Crippen LogP contribution in [0.1, 0.15) is 23.8 Å². The van der Waals surface area contributed by atoms with E-state index >= 15 is 0 Å². The van der Waals surface area contributed by atoms with Crippen molar-refractivity contribution in [1.82, 2.24) is 19.4 Å². The largest absolute Gasteiger partial charge is 0.447 e. The third-order valence-corrected chi connectivity index (χ3v) is 4.21. The maximum absolute atomic E-state index is 12.4. The molecule has 2 amide bonds. The molecule has 3 heterocycles. The summed E-state index contributed by atoms with van der Waals surface area (Å²) in [4.78, 5) is 31.8. The first-order chi connectivity index (χ1) is 9.55. The van der Waals surface area contributed by atoms with Crippen LogP contribution < -0.4 is 0 Å². The molecular formula is C13H18N4O3. The summed E-state index contributed by atoms with van der Waals surface area (Å²) in [5.74, 6) is -0.0857. The Morgan fingerprint density at radius 1 is 1.50 bits per heavy atom. The van der Waals surface area contributed by atoms with Crippen LogP contribution in [-0.2, 0) is 11.8 Å². The molecule has 1 aromatic heterocycles. The van der Waals surface area contributed by atoms with Gasteiger partial charge in [0.2, 0.25) is 0 Å². The lowest BCUT2D eigenvalue weighted by Crippen LogP contribution is -2.62. The van der Waals surface area contributed by atoms with E-state index in [0.717, 1.165) is 6.42 Å². The highest BCUT2D eigenvalue weighted by atomic mass is 16.6. The number of aromatic nitrogens is 2. The first-order valence-corrected chi connectivity index (χ1v) is 6.77. The Hall–Kier alpha value is -2.05. The molecule has 7 nitrogen and oxygen atoms in total. The van der Waals surface area contributed by atoms with E-state index in [1.807, 2.05) is 14.0 Å². The minimum absolute atomic E-state index is 0.0857. The maximum atomic E-state index is 12.4. The molecule has 2 fully saturated rings. The second kappa shape index (κ2) is 4.50. The fourth-order valence-corrected chi connectivity index (χ4v) is 2.92. The normalized spacial score (nSPS) is 25.6. The summed E-state index contributed by atoms with van der Waals surface area (Å²) in [6, 6.07) is 0. The summed E-state index contributed by atoms with van der Waals surface area (Å²) < 4.78 is 6.91. The number of rotatable bonds is 2. The molecule has 0 aromatic carbocycles. The molecule has 1 aromatic rings. The van der Waals surface area contributed by atoms with Crippen molar-refractivity contribution >= 4 is 12.0 Å². The average molecular weight is 278 g/mol. The fourth-order valence-electron chi connectivity index (χ4n) is 2.92. The van der Waals surface area contributed by atoms with Gasteiger partial charge in [-0.1, -0.05) is 6.92 Å². The van der Waals surface area contributed by atoms with E-state index in [4.69, 9.17) is 4.74 Å². The zero-order valence-electron chi connectivity index (χ0n) is 11.7. The van der Waals surface area contributed by atoms with Gasteiger partial charge in [0, 0.05) is 32.9 Å². The van der Waals surface area contributed by atoms with E-state index in [9.17, 15) is 9.59 Å². The minimum Gasteiger partial charge on any atom is -0.447 e. The van der Waals surface area contributed by atoms with Crippen molar-refractivity contribution in [1.29, 1.82) is 0 Å². The molecular weight excluding hydrogens is 260 g/mol. The van der Waals surface area contributed by atoms with Gasteiger partial charge in [0.1, 0.15) is 12.3 Å².